The fourth-order valence-electron chi connectivity index (χ4n) is 4.84. The normalized spacial score (nSPS) is 17.9. The lowest BCUT2D eigenvalue weighted by Crippen LogP contribution is -2.36. The van der Waals surface area contributed by atoms with Gasteiger partial charge in [-0.1, -0.05) is 37.3 Å². The molecule has 0 fully saturated rings. The average molecular weight is 454 g/mol. The molecular weight excluding hydrogens is 432 g/mol. The van der Waals surface area contributed by atoms with Gasteiger partial charge in [0, 0.05) is 16.5 Å². The van der Waals surface area contributed by atoms with E-state index in [2.05, 4.69) is 6.07 Å². The number of aromatic nitrogens is 2. The summed E-state index contributed by atoms with van der Waals surface area (Å²) < 4.78 is 18.6. The molecule has 0 unspecified atom stereocenters. The van der Waals surface area contributed by atoms with Gasteiger partial charge in [-0.05, 0) is 42.3 Å². The highest BCUT2D eigenvalue weighted by Crippen LogP contribution is 2.45. The highest BCUT2D eigenvalue weighted by atomic mass is 16.6. The Kier molecular flexibility index (Phi) is 4.57. The number of para-hydroxylation sites is 1. The summed E-state index contributed by atoms with van der Waals surface area (Å²) in [7, 11) is 1.61. The van der Waals surface area contributed by atoms with Crippen molar-refractivity contribution in [1.29, 1.82) is 0 Å². The number of methoxy groups -OCH3 is 1. The van der Waals surface area contributed by atoms with Crippen molar-refractivity contribution < 1.29 is 19.0 Å². The Morgan fingerprint density at radius 1 is 1.09 bits per heavy atom. The summed E-state index contributed by atoms with van der Waals surface area (Å²) in [6.45, 7) is 2.43. The smallest absolute Gasteiger partial charge is 0.348 e. The fourth-order valence-corrected chi connectivity index (χ4v) is 4.84. The molecule has 4 heterocycles. The van der Waals surface area contributed by atoms with Crippen molar-refractivity contribution in [2.75, 3.05) is 7.11 Å². The Bertz CT molecular complexity index is 1520. The van der Waals surface area contributed by atoms with E-state index in [0.717, 1.165) is 33.5 Å². The van der Waals surface area contributed by atoms with Crippen LogP contribution in [-0.2, 0) is 28.3 Å². The summed E-state index contributed by atoms with van der Waals surface area (Å²) in [5, 5.41) is 1.02. The summed E-state index contributed by atoms with van der Waals surface area (Å²) >= 11 is 0. The average Bonchev–Trinajstić information content (AvgIpc) is 3.37. The Morgan fingerprint density at radius 2 is 1.88 bits per heavy atom. The minimum atomic E-state index is -1.36. The molecule has 34 heavy (non-hydrogen) atoms. The number of rotatable bonds is 5. The quantitative estimate of drug-likeness (QED) is 0.371. The van der Waals surface area contributed by atoms with Gasteiger partial charge < -0.3 is 14.2 Å². The van der Waals surface area contributed by atoms with E-state index in [-0.39, 0.29) is 17.9 Å². The van der Waals surface area contributed by atoms with Gasteiger partial charge in [0.25, 0.3) is 5.56 Å². The van der Waals surface area contributed by atoms with Crippen molar-refractivity contribution in [2.45, 2.75) is 32.1 Å². The van der Waals surface area contributed by atoms with E-state index in [1.807, 2.05) is 61.5 Å². The topological polar surface area (TPSA) is 79.7 Å². The van der Waals surface area contributed by atoms with E-state index < -0.39 is 11.6 Å². The number of nitrogens with zero attached hydrogens (tertiary/aromatic N) is 2. The van der Waals surface area contributed by atoms with Crippen molar-refractivity contribution in [3.8, 4) is 22.9 Å². The predicted octanol–water partition coefficient (Wildman–Crippen LogP) is 4.17. The number of pyridine rings is 2. The molecule has 2 aliphatic heterocycles. The Hall–Kier alpha value is -3.97. The Labute approximate surface area is 195 Å². The zero-order valence-electron chi connectivity index (χ0n) is 18.8. The second-order valence-corrected chi connectivity index (χ2v) is 8.56. The van der Waals surface area contributed by atoms with E-state index >= 15 is 0 Å². The third-order valence-electron chi connectivity index (χ3n) is 6.73. The van der Waals surface area contributed by atoms with Gasteiger partial charge in [-0.25, -0.2) is 9.78 Å². The minimum Gasteiger partial charge on any atom is -0.497 e. The van der Waals surface area contributed by atoms with Crippen molar-refractivity contribution in [3.63, 3.8) is 0 Å². The van der Waals surface area contributed by atoms with Crippen LogP contribution in [0.4, 0.5) is 0 Å². The lowest BCUT2D eigenvalue weighted by atomic mass is 9.92. The van der Waals surface area contributed by atoms with Crippen LogP contribution in [0.1, 0.15) is 30.0 Å². The van der Waals surface area contributed by atoms with E-state index in [9.17, 15) is 9.59 Å². The summed E-state index contributed by atoms with van der Waals surface area (Å²) in [4.78, 5) is 31.3. The molecule has 0 N–H and O–H groups in total. The zero-order chi connectivity index (χ0) is 23.4. The second-order valence-electron chi connectivity index (χ2n) is 8.56. The van der Waals surface area contributed by atoms with Crippen LogP contribution in [0.15, 0.2) is 65.5 Å². The molecule has 7 heteroatoms. The van der Waals surface area contributed by atoms with Crippen molar-refractivity contribution in [3.05, 3.63) is 87.7 Å². The summed E-state index contributed by atoms with van der Waals surface area (Å²) in [5.74, 6) is 0.219. The van der Waals surface area contributed by atoms with E-state index in [4.69, 9.17) is 19.2 Å². The van der Waals surface area contributed by atoms with Crippen molar-refractivity contribution >= 4 is 16.9 Å². The molecule has 0 amide bonds. The number of carbonyl (C=O) groups is 1. The lowest BCUT2D eigenvalue weighted by molar-refractivity contribution is -0.161. The first-order valence-electron chi connectivity index (χ1n) is 11.2. The molecule has 0 saturated heterocycles. The van der Waals surface area contributed by atoms with Crippen molar-refractivity contribution in [1.82, 2.24) is 9.55 Å². The van der Waals surface area contributed by atoms with Crippen LogP contribution in [0.2, 0.25) is 0 Å². The van der Waals surface area contributed by atoms with Crippen LogP contribution < -0.4 is 15.0 Å². The van der Waals surface area contributed by atoms with Gasteiger partial charge in [0.05, 0.1) is 37.2 Å². The highest BCUT2D eigenvalue weighted by Gasteiger charge is 2.51. The highest BCUT2D eigenvalue weighted by molar-refractivity contribution is 5.90. The van der Waals surface area contributed by atoms with Crippen LogP contribution >= 0.6 is 0 Å². The molecule has 1 atom stereocenters. The third kappa shape index (κ3) is 2.90. The molecule has 2 aromatic carbocycles. The molecule has 4 aromatic rings. The monoisotopic (exact) mass is 454 g/mol. The molecular formula is C27H22N2O5. The Balaban J connectivity index is 1.44. The summed E-state index contributed by atoms with van der Waals surface area (Å²) in [6.07, 6.45) is 0.329. The minimum absolute atomic E-state index is 0.0442. The first kappa shape index (κ1) is 20.6. The van der Waals surface area contributed by atoms with E-state index in [0.29, 0.717) is 24.2 Å². The zero-order valence-corrected chi connectivity index (χ0v) is 18.8. The molecule has 0 radical (unpaired) electrons. The molecule has 0 spiro atoms. The number of ether oxygens (including phenoxy) is 3. The van der Waals surface area contributed by atoms with Crippen molar-refractivity contribution in [2.24, 2.45) is 0 Å². The largest absolute Gasteiger partial charge is 0.497 e. The van der Waals surface area contributed by atoms with Gasteiger partial charge in [0.15, 0.2) is 5.60 Å². The first-order valence-corrected chi connectivity index (χ1v) is 11.2. The second kappa shape index (κ2) is 7.53. The van der Waals surface area contributed by atoms with Gasteiger partial charge in [-0.2, -0.15) is 0 Å². The number of hydrogen-bond donors (Lipinski definition) is 0. The SMILES string of the molecule is CC[C@]1(OCc2ccc(OC)cc2)C(=O)Oc2c1cc1n(c2=O)Cc2cc3ccccc3nc2-1. The van der Waals surface area contributed by atoms with Crippen LogP contribution in [0.5, 0.6) is 11.5 Å². The predicted molar refractivity (Wildman–Crippen MR) is 126 cm³/mol. The van der Waals surface area contributed by atoms with Gasteiger partial charge in [0.1, 0.15) is 5.75 Å². The number of benzene rings is 2. The third-order valence-corrected chi connectivity index (χ3v) is 6.73. The number of hydrogen-bond acceptors (Lipinski definition) is 6. The maximum atomic E-state index is 13.4. The van der Waals surface area contributed by atoms with E-state index in [1.54, 1.807) is 11.7 Å². The molecule has 170 valence electrons. The molecule has 7 nitrogen and oxygen atoms in total. The molecule has 2 aliphatic rings. The molecule has 6 rings (SSSR count). The molecule has 0 aliphatic carbocycles. The number of carbonyl (C=O) groups excluding carboxylic acids is 1. The van der Waals surface area contributed by atoms with E-state index in [1.165, 1.54) is 0 Å². The van der Waals surface area contributed by atoms with Crippen LogP contribution in [0.3, 0.4) is 0 Å². The van der Waals surface area contributed by atoms with Gasteiger partial charge >= 0.3 is 5.97 Å². The maximum absolute atomic E-state index is 13.4. The summed E-state index contributed by atoms with van der Waals surface area (Å²) in [6, 6.07) is 19.2. The lowest BCUT2D eigenvalue weighted by Gasteiger charge is -2.25. The Morgan fingerprint density at radius 3 is 2.65 bits per heavy atom. The molecule has 2 aromatic heterocycles. The first-order chi connectivity index (χ1) is 16.5. The van der Waals surface area contributed by atoms with Gasteiger partial charge in [-0.15, -0.1) is 0 Å². The van der Waals surface area contributed by atoms with Crippen LogP contribution in [0, 0.1) is 0 Å². The molecule has 0 saturated carbocycles. The van der Waals surface area contributed by atoms with Crippen LogP contribution in [-0.4, -0.2) is 22.6 Å². The number of fused-ring (bicyclic) bond motifs is 5. The standard InChI is InChI=1S/C27H22N2O5/c1-3-27(33-15-16-8-10-19(32-2)11-9-16)20-13-22-23-18(12-17-6-4-5-7-21(17)28-23)14-29(22)25(30)24(20)34-26(27)31/h4-13H,3,14-15H2,1-2H3/t27-/m1/s1. The number of esters is 1. The summed E-state index contributed by atoms with van der Waals surface area (Å²) in [5.41, 5.74) is 2.89. The van der Waals surface area contributed by atoms with Gasteiger partial charge in [-0.3, -0.25) is 9.36 Å². The molecule has 0 bridgehead atoms. The van der Waals surface area contributed by atoms with Crippen LogP contribution in [0.25, 0.3) is 22.3 Å². The fraction of sp³-hybridized carbons (Fsp3) is 0.222. The van der Waals surface area contributed by atoms with Gasteiger partial charge in [0.2, 0.25) is 5.75 Å². The maximum Gasteiger partial charge on any atom is 0.348 e.